The van der Waals surface area contributed by atoms with Crippen molar-refractivity contribution in [2.75, 3.05) is 19.8 Å². The van der Waals surface area contributed by atoms with Gasteiger partial charge < -0.3 is 15.2 Å². The lowest BCUT2D eigenvalue weighted by molar-refractivity contribution is 0.108. The zero-order valence-corrected chi connectivity index (χ0v) is 10.4. The minimum Gasteiger partial charge on any atom is -0.493 e. The van der Waals surface area contributed by atoms with Crippen molar-refractivity contribution in [1.29, 1.82) is 0 Å². The van der Waals surface area contributed by atoms with Gasteiger partial charge in [-0.25, -0.2) is 0 Å². The minimum atomic E-state index is 0.0617. The standard InChI is InChI=1S/C14H21NO2/c1-2-8-16-10-13(15)11-7-9-17-14-6-4-3-5-12(11)14/h3-6,11,13H,2,7-10,15H2,1H3. The van der Waals surface area contributed by atoms with Crippen LogP contribution in [0.15, 0.2) is 24.3 Å². The molecule has 2 N–H and O–H groups in total. The molecule has 0 fully saturated rings. The van der Waals surface area contributed by atoms with Crippen LogP contribution in [0.1, 0.15) is 31.2 Å². The molecule has 0 spiro atoms. The molecule has 0 amide bonds. The molecule has 1 aromatic carbocycles. The van der Waals surface area contributed by atoms with Crippen LogP contribution in [0.3, 0.4) is 0 Å². The van der Waals surface area contributed by atoms with Crippen LogP contribution in [0.2, 0.25) is 0 Å². The van der Waals surface area contributed by atoms with E-state index in [9.17, 15) is 0 Å². The van der Waals surface area contributed by atoms with Crippen molar-refractivity contribution in [3.63, 3.8) is 0 Å². The number of hydrogen-bond acceptors (Lipinski definition) is 3. The highest BCUT2D eigenvalue weighted by Crippen LogP contribution is 2.34. The molecule has 0 aliphatic carbocycles. The van der Waals surface area contributed by atoms with Crippen LogP contribution in [0.5, 0.6) is 5.75 Å². The third-order valence-electron chi connectivity index (χ3n) is 3.18. The highest BCUT2D eigenvalue weighted by Gasteiger charge is 2.26. The molecule has 0 bridgehead atoms. The summed E-state index contributed by atoms with van der Waals surface area (Å²) in [7, 11) is 0. The zero-order valence-electron chi connectivity index (χ0n) is 10.4. The highest BCUT2D eigenvalue weighted by molar-refractivity contribution is 5.38. The first-order chi connectivity index (χ1) is 8.33. The largest absolute Gasteiger partial charge is 0.493 e. The molecule has 0 aromatic heterocycles. The highest BCUT2D eigenvalue weighted by atomic mass is 16.5. The molecule has 2 rings (SSSR count). The summed E-state index contributed by atoms with van der Waals surface area (Å²) in [5.74, 6) is 1.34. The summed E-state index contributed by atoms with van der Waals surface area (Å²) in [6, 6.07) is 8.23. The minimum absolute atomic E-state index is 0.0617. The van der Waals surface area contributed by atoms with Gasteiger partial charge in [-0.05, 0) is 24.5 Å². The second kappa shape index (κ2) is 6.03. The molecule has 1 heterocycles. The van der Waals surface area contributed by atoms with Gasteiger partial charge in [0.1, 0.15) is 5.75 Å². The first-order valence-electron chi connectivity index (χ1n) is 6.38. The molecule has 1 aliphatic rings. The van der Waals surface area contributed by atoms with Crippen molar-refractivity contribution >= 4 is 0 Å². The van der Waals surface area contributed by atoms with Crippen molar-refractivity contribution in [2.45, 2.75) is 31.7 Å². The van der Waals surface area contributed by atoms with Gasteiger partial charge in [0, 0.05) is 18.6 Å². The summed E-state index contributed by atoms with van der Waals surface area (Å²) in [5, 5.41) is 0. The molecule has 1 aromatic rings. The maximum absolute atomic E-state index is 6.22. The van der Waals surface area contributed by atoms with E-state index in [4.69, 9.17) is 15.2 Å². The van der Waals surface area contributed by atoms with Crippen LogP contribution < -0.4 is 10.5 Å². The predicted molar refractivity (Wildman–Crippen MR) is 68.4 cm³/mol. The van der Waals surface area contributed by atoms with Crippen LogP contribution in [0.25, 0.3) is 0 Å². The molecule has 94 valence electrons. The first-order valence-corrected chi connectivity index (χ1v) is 6.38. The van der Waals surface area contributed by atoms with Crippen molar-refractivity contribution in [1.82, 2.24) is 0 Å². The van der Waals surface area contributed by atoms with E-state index in [1.54, 1.807) is 0 Å². The van der Waals surface area contributed by atoms with E-state index in [0.29, 0.717) is 12.5 Å². The summed E-state index contributed by atoms with van der Waals surface area (Å²) < 4.78 is 11.2. The summed E-state index contributed by atoms with van der Waals surface area (Å²) in [5.41, 5.74) is 7.45. The third kappa shape index (κ3) is 2.99. The van der Waals surface area contributed by atoms with Gasteiger partial charge in [-0.15, -0.1) is 0 Å². The number of rotatable bonds is 5. The maximum Gasteiger partial charge on any atom is 0.122 e. The summed E-state index contributed by atoms with van der Waals surface area (Å²) in [6.07, 6.45) is 2.02. The van der Waals surface area contributed by atoms with Crippen LogP contribution in [-0.4, -0.2) is 25.9 Å². The normalized spacial score (nSPS) is 20.5. The Kier molecular flexibility index (Phi) is 4.40. The summed E-state index contributed by atoms with van der Waals surface area (Å²) in [6.45, 7) is 4.28. The molecule has 0 saturated carbocycles. The first kappa shape index (κ1) is 12.4. The lowest BCUT2D eigenvalue weighted by Crippen LogP contribution is -2.36. The average molecular weight is 235 g/mol. The third-order valence-corrected chi connectivity index (χ3v) is 3.18. The Labute approximate surface area is 103 Å². The monoisotopic (exact) mass is 235 g/mol. The van der Waals surface area contributed by atoms with Crippen LogP contribution in [0.4, 0.5) is 0 Å². The quantitative estimate of drug-likeness (QED) is 0.796. The molecule has 0 radical (unpaired) electrons. The van der Waals surface area contributed by atoms with Gasteiger partial charge in [0.2, 0.25) is 0 Å². The Morgan fingerprint density at radius 3 is 3.12 bits per heavy atom. The van der Waals surface area contributed by atoms with Crippen molar-refractivity contribution in [3.8, 4) is 5.75 Å². The van der Waals surface area contributed by atoms with Gasteiger partial charge in [-0.1, -0.05) is 25.1 Å². The Hall–Kier alpha value is -1.06. The number of nitrogens with two attached hydrogens (primary N) is 1. The summed E-state index contributed by atoms with van der Waals surface area (Å²) >= 11 is 0. The Morgan fingerprint density at radius 1 is 1.47 bits per heavy atom. The van der Waals surface area contributed by atoms with Crippen LogP contribution in [-0.2, 0) is 4.74 Å². The molecule has 17 heavy (non-hydrogen) atoms. The fourth-order valence-corrected chi connectivity index (χ4v) is 2.29. The van der Waals surface area contributed by atoms with Gasteiger partial charge in [-0.2, -0.15) is 0 Å². The lowest BCUT2D eigenvalue weighted by atomic mass is 9.87. The topological polar surface area (TPSA) is 44.5 Å². The molecule has 3 nitrogen and oxygen atoms in total. The fraction of sp³-hybridized carbons (Fsp3) is 0.571. The molecule has 2 unspecified atom stereocenters. The second-order valence-electron chi connectivity index (χ2n) is 4.52. The van der Waals surface area contributed by atoms with E-state index in [-0.39, 0.29) is 6.04 Å². The second-order valence-corrected chi connectivity index (χ2v) is 4.52. The lowest BCUT2D eigenvalue weighted by Gasteiger charge is -2.30. The molecular formula is C14H21NO2. The van der Waals surface area contributed by atoms with Gasteiger partial charge in [-0.3, -0.25) is 0 Å². The van der Waals surface area contributed by atoms with Gasteiger partial charge in [0.05, 0.1) is 13.2 Å². The molecule has 0 saturated heterocycles. The van der Waals surface area contributed by atoms with Crippen molar-refractivity contribution in [2.24, 2.45) is 5.73 Å². The van der Waals surface area contributed by atoms with Crippen molar-refractivity contribution < 1.29 is 9.47 Å². The van der Waals surface area contributed by atoms with E-state index in [1.165, 1.54) is 5.56 Å². The van der Waals surface area contributed by atoms with E-state index in [0.717, 1.165) is 31.8 Å². The Balaban J connectivity index is 2.02. The van der Waals surface area contributed by atoms with E-state index in [2.05, 4.69) is 13.0 Å². The van der Waals surface area contributed by atoms with E-state index < -0.39 is 0 Å². The van der Waals surface area contributed by atoms with E-state index >= 15 is 0 Å². The van der Waals surface area contributed by atoms with Gasteiger partial charge in [0.25, 0.3) is 0 Å². The predicted octanol–water partition coefficient (Wildman–Crippen LogP) is 2.31. The number of para-hydroxylation sites is 1. The molecule has 2 atom stereocenters. The van der Waals surface area contributed by atoms with Gasteiger partial charge in [0.15, 0.2) is 0 Å². The number of ether oxygens (including phenoxy) is 2. The maximum atomic E-state index is 6.22. The number of fused-ring (bicyclic) bond motifs is 1. The molecule has 3 heteroatoms. The van der Waals surface area contributed by atoms with Crippen LogP contribution in [0, 0.1) is 0 Å². The average Bonchev–Trinajstić information content (AvgIpc) is 2.38. The SMILES string of the molecule is CCCOCC(N)C1CCOc2ccccc21. The fourth-order valence-electron chi connectivity index (χ4n) is 2.29. The Morgan fingerprint density at radius 2 is 2.29 bits per heavy atom. The molecule has 1 aliphatic heterocycles. The van der Waals surface area contributed by atoms with Crippen molar-refractivity contribution in [3.05, 3.63) is 29.8 Å². The summed E-state index contributed by atoms with van der Waals surface area (Å²) in [4.78, 5) is 0. The number of benzene rings is 1. The Bertz CT molecular complexity index is 354. The van der Waals surface area contributed by atoms with Gasteiger partial charge >= 0.3 is 0 Å². The molecular weight excluding hydrogens is 214 g/mol. The smallest absolute Gasteiger partial charge is 0.122 e. The number of hydrogen-bond donors (Lipinski definition) is 1. The van der Waals surface area contributed by atoms with Crippen LogP contribution >= 0.6 is 0 Å². The zero-order chi connectivity index (χ0) is 12.1. The van der Waals surface area contributed by atoms with E-state index in [1.807, 2.05) is 18.2 Å².